The third-order valence-corrected chi connectivity index (χ3v) is 3.50. The molecule has 0 aromatic heterocycles. The highest BCUT2D eigenvalue weighted by Gasteiger charge is 2.14. The van der Waals surface area contributed by atoms with Crippen molar-refractivity contribution in [2.75, 3.05) is 23.8 Å². The molecule has 2 aromatic rings. The third kappa shape index (κ3) is 5.70. The Bertz CT molecular complexity index is 824. The number of amides is 2. The fraction of sp³-hybridized carbons (Fsp3) is 0.300. The molecule has 0 atom stereocenters. The maximum absolute atomic E-state index is 14.0. The summed E-state index contributed by atoms with van der Waals surface area (Å²) in [5.74, 6) is -0.398. The number of nitrogens with one attached hydrogen (secondary N) is 2. The van der Waals surface area contributed by atoms with E-state index in [-0.39, 0.29) is 11.6 Å². The molecule has 0 aliphatic heterocycles. The summed E-state index contributed by atoms with van der Waals surface area (Å²) in [6.45, 7) is 6.12. The van der Waals surface area contributed by atoms with Crippen LogP contribution in [0.5, 0.6) is 11.5 Å². The normalized spacial score (nSPS) is 10.2. The van der Waals surface area contributed by atoms with Crippen LogP contribution in [-0.2, 0) is 4.79 Å². The van der Waals surface area contributed by atoms with Crippen molar-refractivity contribution in [1.29, 1.82) is 0 Å². The van der Waals surface area contributed by atoms with Gasteiger partial charge in [0.15, 0.2) is 11.5 Å². The Balaban J connectivity index is 2.22. The van der Waals surface area contributed by atoms with Gasteiger partial charge in [0.05, 0.1) is 18.9 Å². The second kappa shape index (κ2) is 9.56. The fourth-order valence-electron chi connectivity index (χ4n) is 2.35. The highest BCUT2D eigenvalue weighted by atomic mass is 19.1. The van der Waals surface area contributed by atoms with Gasteiger partial charge >= 0.3 is 0 Å². The smallest absolute Gasteiger partial charge is 0.255 e. The van der Waals surface area contributed by atoms with E-state index in [2.05, 4.69) is 10.6 Å². The first-order chi connectivity index (χ1) is 12.9. The van der Waals surface area contributed by atoms with Crippen molar-refractivity contribution in [3.05, 3.63) is 47.8 Å². The average molecular weight is 374 g/mol. The standard InChI is InChI=1S/C20H23FN2O4/c1-4-10-27-18-9-6-14(11-19(18)26-5-2)20(25)23-17-12-15(22-13(3)24)7-8-16(17)21/h6-9,11-12H,4-5,10H2,1-3H3,(H,22,24)(H,23,25). The molecule has 0 radical (unpaired) electrons. The first-order valence-corrected chi connectivity index (χ1v) is 8.72. The number of carbonyl (C=O) groups is 2. The number of halogens is 1. The Kier molecular flexibility index (Phi) is 7.16. The van der Waals surface area contributed by atoms with E-state index in [0.717, 1.165) is 6.42 Å². The van der Waals surface area contributed by atoms with Crippen LogP contribution >= 0.6 is 0 Å². The third-order valence-electron chi connectivity index (χ3n) is 3.50. The fourth-order valence-corrected chi connectivity index (χ4v) is 2.35. The first-order valence-electron chi connectivity index (χ1n) is 8.72. The van der Waals surface area contributed by atoms with E-state index in [1.54, 1.807) is 18.2 Å². The predicted molar refractivity (Wildman–Crippen MR) is 102 cm³/mol. The second-order valence-corrected chi connectivity index (χ2v) is 5.77. The van der Waals surface area contributed by atoms with Gasteiger partial charge in [-0.05, 0) is 49.7 Å². The van der Waals surface area contributed by atoms with Crippen molar-refractivity contribution >= 4 is 23.2 Å². The summed E-state index contributed by atoms with van der Waals surface area (Å²) in [5.41, 5.74) is 0.652. The van der Waals surface area contributed by atoms with Gasteiger partial charge in [-0.2, -0.15) is 0 Å². The predicted octanol–water partition coefficient (Wildman–Crippen LogP) is 4.22. The van der Waals surface area contributed by atoms with Crippen LogP contribution in [-0.4, -0.2) is 25.0 Å². The molecule has 0 aliphatic rings. The van der Waals surface area contributed by atoms with E-state index in [0.29, 0.717) is 36.0 Å². The van der Waals surface area contributed by atoms with Crippen LogP contribution in [0, 0.1) is 5.82 Å². The molecule has 0 unspecified atom stereocenters. The average Bonchev–Trinajstić information content (AvgIpc) is 2.63. The van der Waals surface area contributed by atoms with Crippen molar-refractivity contribution in [2.24, 2.45) is 0 Å². The van der Waals surface area contributed by atoms with Crippen molar-refractivity contribution < 1.29 is 23.5 Å². The van der Waals surface area contributed by atoms with Crippen molar-refractivity contribution in [3.63, 3.8) is 0 Å². The van der Waals surface area contributed by atoms with E-state index in [9.17, 15) is 14.0 Å². The molecule has 2 N–H and O–H groups in total. The summed E-state index contributed by atoms with van der Waals surface area (Å²) < 4.78 is 25.2. The minimum Gasteiger partial charge on any atom is -0.490 e. The lowest BCUT2D eigenvalue weighted by atomic mass is 10.1. The zero-order valence-corrected chi connectivity index (χ0v) is 15.6. The van der Waals surface area contributed by atoms with Crippen LogP contribution < -0.4 is 20.1 Å². The molecule has 0 saturated heterocycles. The summed E-state index contributed by atoms with van der Waals surface area (Å²) in [6, 6.07) is 8.74. The highest BCUT2D eigenvalue weighted by molar-refractivity contribution is 6.05. The molecule has 2 rings (SSSR count). The molecule has 0 spiro atoms. The zero-order valence-electron chi connectivity index (χ0n) is 15.6. The molecule has 7 heteroatoms. The number of carbonyl (C=O) groups excluding carboxylic acids is 2. The topological polar surface area (TPSA) is 76.7 Å². The second-order valence-electron chi connectivity index (χ2n) is 5.77. The summed E-state index contributed by atoms with van der Waals surface area (Å²) in [6.07, 6.45) is 0.845. The van der Waals surface area contributed by atoms with Gasteiger partial charge in [0.2, 0.25) is 5.91 Å². The van der Waals surface area contributed by atoms with Crippen LogP contribution in [0.25, 0.3) is 0 Å². The van der Waals surface area contributed by atoms with Crippen molar-refractivity contribution in [1.82, 2.24) is 0 Å². The van der Waals surface area contributed by atoms with E-state index >= 15 is 0 Å². The summed E-state index contributed by atoms with van der Waals surface area (Å²) in [4.78, 5) is 23.7. The Morgan fingerprint density at radius 3 is 2.44 bits per heavy atom. The van der Waals surface area contributed by atoms with Crippen LogP contribution in [0.2, 0.25) is 0 Å². The van der Waals surface area contributed by atoms with E-state index in [1.165, 1.54) is 25.1 Å². The van der Waals surface area contributed by atoms with Gasteiger partial charge in [0.25, 0.3) is 5.91 Å². The molecule has 0 saturated carbocycles. The number of benzene rings is 2. The van der Waals surface area contributed by atoms with Crippen LogP contribution in [0.4, 0.5) is 15.8 Å². The number of hydrogen-bond donors (Lipinski definition) is 2. The molecular weight excluding hydrogens is 351 g/mol. The van der Waals surface area contributed by atoms with Gasteiger partial charge in [-0.1, -0.05) is 6.92 Å². The Morgan fingerprint density at radius 2 is 1.78 bits per heavy atom. The van der Waals surface area contributed by atoms with Gasteiger partial charge in [0.1, 0.15) is 5.82 Å². The van der Waals surface area contributed by atoms with Crippen LogP contribution in [0.1, 0.15) is 37.6 Å². The molecular formula is C20H23FN2O4. The van der Waals surface area contributed by atoms with Crippen molar-refractivity contribution in [2.45, 2.75) is 27.2 Å². The van der Waals surface area contributed by atoms with Gasteiger partial charge < -0.3 is 20.1 Å². The monoisotopic (exact) mass is 374 g/mol. The molecule has 0 aliphatic carbocycles. The number of ether oxygens (including phenoxy) is 2. The maximum Gasteiger partial charge on any atom is 0.255 e. The molecule has 2 amide bonds. The molecule has 0 bridgehead atoms. The molecule has 0 fully saturated rings. The molecule has 6 nitrogen and oxygen atoms in total. The lowest BCUT2D eigenvalue weighted by Gasteiger charge is -2.13. The van der Waals surface area contributed by atoms with Gasteiger partial charge in [-0.25, -0.2) is 4.39 Å². The molecule has 27 heavy (non-hydrogen) atoms. The Morgan fingerprint density at radius 1 is 1.00 bits per heavy atom. The number of anilines is 2. The minimum absolute atomic E-state index is 0.0319. The maximum atomic E-state index is 14.0. The summed E-state index contributed by atoms with van der Waals surface area (Å²) in [5, 5.41) is 5.06. The highest BCUT2D eigenvalue weighted by Crippen LogP contribution is 2.29. The lowest BCUT2D eigenvalue weighted by Crippen LogP contribution is -2.14. The van der Waals surface area contributed by atoms with Gasteiger partial charge in [-0.3, -0.25) is 9.59 Å². The first kappa shape index (κ1) is 20.2. The Labute approximate surface area is 157 Å². The quantitative estimate of drug-likeness (QED) is 0.725. The van der Waals surface area contributed by atoms with Crippen molar-refractivity contribution in [3.8, 4) is 11.5 Å². The van der Waals surface area contributed by atoms with Gasteiger partial charge in [0, 0.05) is 18.2 Å². The van der Waals surface area contributed by atoms with Crippen LogP contribution in [0.15, 0.2) is 36.4 Å². The largest absolute Gasteiger partial charge is 0.490 e. The van der Waals surface area contributed by atoms with Gasteiger partial charge in [-0.15, -0.1) is 0 Å². The lowest BCUT2D eigenvalue weighted by molar-refractivity contribution is -0.114. The molecule has 144 valence electrons. The van der Waals surface area contributed by atoms with E-state index in [4.69, 9.17) is 9.47 Å². The number of rotatable bonds is 8. The molecule has 0 heterocycles. The summed E-state index contributed by atoms with van der Waals surface area (Å²) >= 11 is 0. The van der Waals surface area contributed by atoms with E-state index < -0.39 is 11.7 Å². The SMILES string of the molecule is CCCOc1ccc(C(=O)Nc2cc(NC(C)=O)ccc2F)cc1OCC. The Hall–Kier alpha value is -3.09. The number of hydrogen-bond acceptors (Lipinski definition) is 4. The van der Waals surface area contributed by atoms with Crippen LogP contribution in [0.3, 0.4) is 0 Å². The molecule has 2 aromatic carbocycles. The minimum atomic E-state index is -0.606. The van der Waals surface area contributed by atoms with E-state index in [1.807, 2.05) is 13.8 Å². The zero-order chi connectivity index (χ0) is 19.8. The summed E-state index contributed by atoms with van der Waals surface area (Å²) in [7, 11) is 0.